The molecule has 124 valence electrons. The highest BCUT2D eigenvalue weighted by molar-refractivity contribution is 7.98. The molecular formula is C16H20N2O4S. The maximum atomic E-state index is 12.3. The first-order chi connectivity index (χ1) is 11.0. The molecule has 6 nitrogen and oxygen atoms in total. The lowest BCUT2D eigenvalue weighted by molar-refractivity contribution is -0.141. The largest absolute Gasteiger partial charge is 0.469 e. The van der Waals surface area contributed by atoms with E-state index in [9.17, 15) is 14.4 Å². The van der Waals surface area contributed by atoms with E-state index in [1.807, 2.05) is 30.5 Å². The molecule has 7 heteroatoms. The molecule has 1 aromatic rings. The molecule has 2 rings (SSSR count). The molecule has 0 bridgehead atoms. The lowest BCUT2D eigenvalue weighted by Crippen LogP contribution is -2.43. The van der Waals surface area contributed by atoms with Crippen molar-refractivity contribution in [2.75, 3.05) is 13.4 Å². The number of esters is 1. The van der Waals surface area contributed by atoms with Crippen LogP contribution in [-0.2, 0) is 19.1 Å². The van der Waals surface area contributed by atoms with Crippen molar-refractivity contribution in [1.29, 1.82) is 0 Å². The molecule has 0 aliphatic carbocycles. The van der Waals surface area contributed by atoms with Crippen LogP contribution in [0.15, 0.2) is 29.2 Å². The van der Waals surface area contributed by atoms with Gasteiger partial charge in [-0.25, -0.2) is 0 Å². The summed E-state index contributed by atoms with van der Waals surface area (Å²) >= 11 is 1.62. The zero-order valence-corrected chi connectivity index (χ0v) is 13.9. The van der Waals surface area contributed by atoms with E-state index >= 15 is 0 Å². The Bertz CT molecular complexity index is 588. The predicted molar refractivity (Wildman–Crippen MR) is 86.9 cm³/mol. The second kappa shape index (κ2) is 8.01. The molecule has 1 aromatic carbocycles. The molecule has 23 heavy (non-hydrogen) atoms. The SMILES string of the molecule is COC(=O)C[C@@H](NC(=O)[C@H]1CCC(=O)N1)c1ccc(SC)cc1. The topological polar surface area (TPSA) is 84.5 Å². The molecule has 2 amide bonds. The van der Waals surface area contributed by atoms with Gasteiger partial charge in [-0.3, -0.25) is 14.4 Å². The van der Waals surface area contributed by atoms with E-state index in [0.29, 0.717) is 12.8 Å². The predicted octanol–water partition coefficient (Wildman–Crippen LogP) is 1.41. The van der Waals surface area contributed by atoms with Crippen molar-refractivity contribution in [2.24, 2.45) is 0 Å². The standard InChI is InChI=1S/C16H20N2O4S/c1-22-15(20)9-13(10-3-5-11(23-2)6-4-10)18-16(21)12-7-8-14(19)17-12/h3-6,12-13H,7-9H2,1-2H3,(H,17,19)(H,18,21)/t12-,13-/m1/s1. The van der Waals surface area contributed by atoms with Crippen LogP contribution in [0.25, 0.3) is 0 Å². The van der Waals surface area contributed by atoms with Gasteiger partial charge < -0.3 is 15.4 Å². The normalized spacial score (nSPS) is 18.2. The number of hydrogen-bond acceptors (Lipinski definition) is 5. The van der Waals surface area contributed by atoms with Gasteiger partial charge in [-0.2, -0.15) is 0 Å². The first-order valence-electron chi connectivity index (χ1n) is 7.34. The summed E-state index contributed by atoms with van der Waals surface area (Å²) in [7, 11) is 1.31. The molecule has 0 unspecified atom stereocenters. The molecule has 1 aliphatic heterocycles. The van der Waals surface area contributed by atoms with Crippen LogP contribution in [0.5, 0.6) is 0 Å². The van der Waals surface area contributed by atoms with Crippen molar-refractivity contribution in [3.63, 3.8) is 0 Å². The van der Waals surface area contributed by atoms with Gasteiger partial charge in [-0.15, -0.1) is 11.8 Å². The van der Waals surface area contributed by atoms with Crippen LogP contribution in [0.3, 0.4) is 0 Å². The average molecular weight is 336 g/mol. The second-order valence-electron chi connectivity index (χ2n) is 5.27. The van der Waals surface area contributed by atoms with Crippen molar-refractivity contribution < 1.29 is 19.1 Å². The number of rotatable bonds is 6. The van der Waals surface area contributed by atoms with E-state index in [4.69, 9.17) is 4.74 Å². The summed E-state index contributed by atoms with van der Waals surface area (Å²) in [5.41, 5.74) is 0.825. The molecule has 0 saturated carbocycles. The van der Waals surface area contributed by atoms with Gasteiger partial charge in [0.1, 0.15) is 6.04 Å². The van der Waals surface area contributed by atoms with Gasteiger partial charge in [0.25, 0.3) is 0 Å². The minimum atomic E-state index is -0.534. The third-order valence-corrected chi connectivity index (χ3v) is 4.49. The number of nitrogens with one attached hydrogen (secondary N) is 2. The zero-order chi connectivity index (χ0) is 16.8. The third-order valence-electron chi connectivity index (χ3n) is 3.74. The lowest BCUT2D eigenvalue weighted by atomic mass is 10.0. The van der Waals surface area contributed by atoms with Crippen LogP contribution in [0.2, 0.25) is 0 Å². The number of amides is 2. The van der Waals surface area contributed by atoms with Crippen molar-refractivity contribution in [1.82, 2.24) is 10.6 Å². The Hall–Kier alpha value is -2.02. The third kappa shape index (κ3) is 4.72. The summed E-state index contributed by atoms with van der Waals surface area (Å²) in [4.78, 5) is 36.2. The lowest BCUT2D eigenvalue weighted by Gasteiger charge is -2.20. The van der Waals surface area contributed by atoms with Crippen LogP contribution >= 0.6 is 11.8 Å². The summed E-state index contributed by atoms with van der Waals surface area (Å²) < 4.78 is 4.71. The number of carbonyl (C=O) groups is 3. The van der Waals surface area contributed by atoms with E-state index in [0.717, 1.165) is 10.5 Å². The molecule has 2 N–H and O–H groups in total. The molecular weight excluding hydrogens is 316 g/mol. The van der Waals surface area contributed by atoms with Crippen molar-refractivity contribution in [2.45, 2.75) is 36.2 Å². The fraction of sp³-hybridized carbons (Fsp3) is 0.438. The fourth-order valence-corrected chi connectivity index (χ4v) is 2.83. The Kier molecular flexibility index (Phi) is 6.04. The van der Waals surface area contributed by atoms with Gasteiger partial charge in [-0.05, 0) is 30.4 Å². The summed E-state index contributed by atoms with van der Waals surface area (Å²) in [6.45, 7) is 0. The summed E-state index contributed by atoms with van der Waals surface area (Å²) in [6.07, 6.45) is 2.84. The quantitative estimate of drug-likeness (QED) is 0.606. The van der Waals surface area contributed by atoms with Crippen molar-refractivity contribution in [3.8, 4) is 0 Å². The molecule has 1 fully saturated rings. The monoisotopic (exact) mass is 336 g/mol. The van der Waals surface area contributed by atoms with Crippen LogP contribution in [-0.4, -0.2) is 37.2 Å². The van der Waals surface area contributed by atoms with Gasteiger partial charge in [0.2, 0.25) is 11.8 Å². The average Bonchev–Trinajstić information content (AvgIpc) is 3.00. The summed E-state index contributed by atoms with van der Waals surface area (Å²) in [5, 5.41) is 5.46. The minimum absolute atomic E-state index is 0.0432. The molecule has 0 aromatic heterocycles. The number of hydrogen-bond donors (Lipinski definition) is 2. The highest BCUT2D eigenvalue weighted by Gasteiger charge is 2.29. The number of thioether (sulfide) groups is 1. The Morgan fingerprint density at radius 2 is 2.09 bits per heavy atom. The van der Waals surface area contributed by atoms with E-state index in [-0.39, 0.29) is 18.2 Å². The van der Waals surface area contributed by atoms with E-state index in [1.165, 1.54) is 7.11 Å². The Balaban J connectivity index is 2.11. The van der Waals surface area contributed by atoms with Gasteiger partial charge in [0.15, 0.2) is 0 Å². The number of carbonyl (C=O) groups excluding carboxylic acids is 3. The first-order valence-corrected chi connectivity index (χ1v) is 8.56. The molecule has 2 atom stereocenters. The van der Waals surface area contributed by atoms with Gasteiger partial charge in [0, 0.05) is 11.3 Å². The Morgan fingerprint density at radius 1 is 1.39 bits per heavy atom. The van der Waals surface area contributed by atoms with Gasteiger partial charge in [-0.1, -0.05) is 12.1 Å². The molecule has 1 heterocycles. The van der Waals surface area contributed by atoms with Crippen molar-refractivity contribution >= 4 is 29.5 Å². The fourth-order valence-electron chi connectivity index (χ4n) is 2.42. The number of ether oxygens (including phenoxy) is 1. The summed E-state index contributed by atoms with van der Waals surface area (Å²) in [6, 6.07) is 6.62. The van der Waals surface area contributed by atoms with Crippen LogP contribution in [0, 0.1) is 0 Å². The van der Waals surface area contributed by atoms with E-state index in [2.05, 4.69) is 10.6 Å². The minimum Gasteiger partial charge on any atom is -0.469 e. The van der Waals surface area contributed by atoms with Crippen LogP contribution in [0.4, 0.5) is 0 Å². The number of methoxy groups -OCH3 is 1. The highest BCUT2D eigenvalue weighted by atomic mass is 32.2. The van der Waals surface area contributed by atoms with Gasteiger partial charge in [0.05, 0.1) is 19.6 Å². The maximum Gasteiger partial charge on any atom is 0.307 e. The van der Waals surface area contributed by atoms with E-state index in [1.54, 1.807) is 11.8 Å². The smallest absolute Gasteiger partial charge is 0.307 e. The van der Waals surface area contributed by atoms with Crippen LogP contribution in [0.1, 0.15) is 30.9 Å². The molecule has 1 aliphatic rings. The second-order valence-corrected chi connectivity index (χ2v) is 6.15. The summed E-state index contributed by atoms with van der Waals surface area (Å²) in [5.74, 6) is -0.808. The van der Waals surface area contributed by atoms with E-state index < -0.39 is 18.1 Å². The molecule has 0 spiro atoms. The van der Waals surface area contributed by atoms with Crippen molar-refractivity contribution in [3.05, 3.63) is 29.8 Å². The first kappa shape index (κ1) is 17.3. The Labute approximate surface area is 139 Å². The maximum absolute atomic E-state index is 12.3. The zero-order valence-electron chi connectivity index (χ0n) is 13.1. The van der Waals surface area contributed by atoms with Crippen LogP contribution < -0.4 is 10.6 Å². The van der Waals surface area contributed by atoms with Gasteiger partial charge >= 0.3 is 5.97 Å². The molecule has 0 radical (unpaired) electrons. The Morgan fingerprint density at radius 3 is 2.61 bits per heavy atom. The molecule has 1 saturated heterocycles. The highest BCUT2D eigenvalue weighted by Crippen LogP contribution is 2.22. The number of benzene rings is 1.